The van der Waals surface area contributed by atoms with Gasteiger partial charge < -0.3 is 10.3 Å². The number of H-pyrrole nitrogens is 1. The van der Waals surface area contributed by atoms with E-state index in [0.717, 1.165) is 42.5 Å². The topological polar surface area (TPSA) is 44.9 Å². The van der Waals surface area contributed by atoms with Crippen molar-refractivity contribution in [3.8, 4) is 0 Å². The van der Waals surface area contributed by atoms with Gasteiger partial charge in [-0.05, 0) is 86.5 Å². The van der Waals surface area contributed by atoms with Crippen LogP contribution in [0.1, 0.15) is 55.3 Å². The largest absolute Gasteiger partial charge is 0.358 e. The molecular weight excluding hydrogens is 344 g/mol. The van der Waals surface area contributed by atoms with E-state index in [1.54, 1.807) is 0 Å². The number of nitrogens with one attached hydrogen (secondary N) is 2. The van der Waals surface area contributed by atoms with Gasteiger partial charge in [0.15, 0.2) is 0 Å². The zero-order chi connectivity index (χ0) is 17.8. The third-order valence-corrected chi connectivity index (χ3v) is 7.37. The van der Waals surface area contributed by atoms with Crippen LogP contribution in [0.4, 0.5) is 0 Å². The summed E-state index contributed by atoms with van der Waals surface area (Å²) in [7, 11) is 0. The van der Waals surface area contributed by atoms with Crippen molar-refractivity contribution in [1.82, 2.24) is 10.3 Å². The molecule has 0 unspecified atom stereocenters. The Balaban J connectivity index is 1.29. The maximum absolute atomic E-state index is 12.6. The number of rotatable bonds is 3. The number of halogens is 1. The molecule has 5 rings (SSSR count). The van der Waals surface area contributed by atoms with E-state index in [1.165, 1.54) is 53.4 Å². The Hall–Kier alpha value is -1.48. The van der Waals surface area contributed by atoms with Crippen molar-refractivity contribution < 1.29 is 4.79 Å². The monoisotopic (exact) mass is 370 g/mol. The molecule has 2 saturated carbocycles. The van der Waals surface area contributed by atoms with Gasteiger partial charge in [-0.3, -0.25) is 4.79 Å². The minimum atomic E-state index is 0.256. The Bertz CT molecular complexity index is 871. The Morgan fingerprint density at radius 2 is 2.15 bits per heavy atom. The quantitative estimate of drug-likeness (QED) is 0.790. The number of carbonyl (C=O) groups excluding carboxylic acids is 1. The van der Waals surface area contributed by atoms with Crippen molar-refractivity contribution in [1.29, 1.82) is 0 Å². The average Bonchev–Trinajstić information content (AvgIpc) is 3.29. The Morgan fingerprint density at radius 1 is 1.27 bits per heavy atom. The summed E-state index contributed by atoms with van der Waals surface area (Å²) in [6.07, 6.45) is 9.09. The summed E-state index contributed by atoms with van der Waals surface area (Å²) < 4.78 is 0. The molecule has 2 bridgehead atoms. The number of fused-ring (bicyclic) bond motifs is 5. The third kappa shape index (κ3) is 2.85. The molecule has 2 fully saturated rings. The van der Waals surface area contributed by atoms with Crippen LogP contribution in [0.2, 0.25) is 5.02 Å². The van der Waals surface area contributed by atoms with E-state index in [4.69, 9.17) is 11.6 Å². The number of amides is 1. The van der Waals surface area contributed by atoms with Gasteiger partial charge in [0.1, 0.15) is 0 Å². The Morgan fingerprint density at radius 3 is 2.92 bits per heavy atom. The molecule has 138 valence electrons. The second-order valence-corrected chi connectivity index (χ2v) is 9.31. The first-order valence-electron chi connectivity index (χ1n) is 10.2. The molecule has 3 nitrogen and oxygen atoms in total. The lowest BCUT2D eigenvalue weighted by atomic mass is 9.86. The fourth-order valence-electron chi connectivity index (χ4n) is 5.92. The highest BCUT2D eigenvalue weighted by Crippen LogP contribution is 2.49. The summed E-state index contributed by atoms with van der Waals surface area (Å²) in [4.78, 5) is 16.2. The minimum Gasteiger partial charge on any atom is -0.358 e. The fraction of sp³-hybridized carbons (Fsp3) is 0.591. The minimum absolute atomic E-state index is 0.256. The highest BCUT2D eigenvalue weighted by molar-refractivity contribution is 6.31. The highest BCUT2D eigenvalue weighted by atomic mass is 35.5. The van der Waals surface area contributed by atoms with Gasteiger partial charge in [0.05, 0.1) is 0 Å². The van der Waals surface area contributed by atoms with Crippen LogP contribution in [-0.4, -0.2) is 16.9 Å². The van der Waals surface area contributed by atoms with E-state index < -0.39 is 0 Å². The highest BCUT2D eigenvalue weighted by Gasteiger charge is 2.40. The molecule has 4 heteroatoms. The number of carbonyl (C=O) groups is 1. The second-order valence-electron chi connectivity index (χ2n) is 8.87. The standard InChI is InChI=1S/C22H27ClN2O/c1-12-6-16(23)10-19-18-11-17(4-5-20(18)25-22(12)19)24-21(26)9-15-8-13-2-3-14(15)7-13/h6,10,13-15,17,25H,2-5,7-9,11H2,1H3,(H,24,26)/t13-,14+,15+,17+/m1/s1. The SMILES string of the molecule is Cc1cc(Cl)cc2c3c([nH]c12)CC[C@H](NC(=O)C[C@@H]1C[C@@H]2CC[C@H]1C2)C3. The van der Waals surface area contributed by atoms with Crippen molar-refractivity contribution in [2.75, 3.05) is 0 Å². The van der Waals surface area contributed by atoms with Crippen molar-refractivity contribution >= 4 is 28.4 Å². The molecule has 1 aromatic heterocycles. The first-order valence-corrected chi connectivity index (χ1v) is 10.5. The number of aromatic amines is 1. The molecule has 1 aromatic carbocycles. The maximum Gasteiger partial charge on any atom is 0.220 e. The van der Waals surface area contributed by atoms with E-state index >= 15 is 0 Å². The first-order chi connectivity index (χ1) is 12.6. The average molecular weight is 371 g/mol. The van der Waals surface area contributed by atoms with E-state index in [0.29, 0.717) is 5.92 Å². The zero-order valence-electron chi connectivity index (χ0n) is 15.4. The van der Waals surface area contributed by atoms with E-state index in [1.807, 2.05) is 6.07 Å². The molecule has 2 aromatic rings. The summed E-state index contributed by atoms with van der Waals surface area (Å²) in [6.45, 7) is 2.10. The summed E-state index contributed by atoms with van der Waals surface area (Å²) in [5, 5.41) is 5.37. The van der Waals surface area contributed by atoms with Crippen molar-refractivity contribution in [3.63, 3.8) is 0 Å². The molecule has 4 atom stereocenters. The zero-order valence-corrected chi connectivity index (χ0v) is 16.2. The van der Waals surface area contributed by atoms with Crippen LogP contribution >= 0.6 is 11.6 Å². The van der Waals surface area contributed by atoms with Crippen LogP contribution in [0.25, 0.3) is 10.9 Å². The number of aryl methyl sites for hydroxylation is 2. The molecule has 0 radical (unpaired) electrons. The maximum atomic E-state index is 12.6. The Kier molecular flexibility index (Phi) is 4.04. The first kappa shape index (κ1) is 16.7. The predicted octanol–water partition coefficient (Wildman–Crippen LogP) is 4.93. The van der Waals surface area contributed by atoms with Crippen LogP contribution in [0.5, 0.6) is 0 Å². The smallest absolute Gasteiger partial charge is 0.220 e. The van der Waals surface area contributed by atoms with Gasteiger partial charge in [-0.15, -0.1) is 0 Å². The molecule has 3 aliphatic carbocycles. The van der Waals surface area contributed by atoms with Crippen LogP contribution in [0, 0.1) is 24.7 Å². The van der Waals surface area contributed by atoms with Gasteiger partial charge >= 0.3 is 0 Å². The van der Waals surface area contributed by atoms with E-state index in [9.17, 15) is 4.79 Å². The third-order valence-electron chi connectivity index (χ3n) is 7.16. The number of benzene rings is 1. The molecular formula is C22H27ClN2O. The number of hydrogen-bond donors (Lipinski definition) is 2. The molecule has 2 N–H and O–H groups in total. The van der Waals surface area contributed by atoms with Crippen LogP contribution in [0.3, 0.4) is 0 Å². The summed E-state index contributed by atoms with van der Waals surface area (Å²) in [6, 6.07) is 4.34. The predicted molar refractivity (Wildman–Crippen MR) is 106 cm³/mol. The fourth-order valence-corrected chi connectivity index (χ4v) is 6.20. The molecule has 1 amide bonds. The van der Waals surface area contributed by atoms with Gasteiger partial charge in [-0.1, -0.05) is 18.0 Å². The number of hydrogen-bond acceptors (Lipinski definition) is 1. The van der Waals surface area contributed by atoms with Crippen molar-refractivity contribution in [3.05, 3.63) is 34.0 Å². The van der Waals surface area contributed by atoms with Gasteiger partial charge in [-0.25, -0.2) is 0 Å². The molecule has 0 aliphatic heterocycles. The van der Waals surface area contributed by atoms with E-state index in [2.05, 4.69) is 23.3 Å². The second kappa shape index (κ2) is 6.30. The van der Waals surface area contributed by atoms with Crippen LogP contribution in [0.15, 0.2) is 12.1 Å². The molecule has 26 heavy (non-hydrogen) atoms. The van der Waals surface area contributed by atoms with Gasteiger partial charge in [0, 0.05) is 34.1 Å². The summed E-state index contributed by atoms with van der Waals surface area (Å²) >= 11 is 6.29. The van der Waals surface area contributed by atoms with Gasteiger partial charge in [-0.2, -0.15) is 0 Å². The lowest BCUT2D eigenvalue weighted by Gasteiger charge is -2.26. The normalized spacial score (nSPS) is 29.9. The summed E-state index contributed by atoms with van der Waals surface area (Å²) in [5.41, 5.74) is 5.07. The lowest BCUT2D eigenvalue weighted by Crippen LogP contribution is -2.39. The molecule has 0 saturated heterocycles. The van der Waals surface area contributed by atoms with Gasteiger partial charge in [0.25, 0.3) is 0 Å². The lowest BCUT2D eigenvalue weighted by molar-refractivity contribution is -0.123. The van der Waals surface area contributed by atoms with Crippen LogP contribution < -0.4 is 5.32 Å². The van der Waals surface area contributed by atoms with E-state index in [-0.39, 0.29) is 11.9 Å². The van der Waals surface area contributed by atoms with Crippen LogP contribution in [-0.2, 0) is 17.6 Å². The van der Waals surface area contributed by atoms with Crippen molar-refractivity contribution in [2.45, 2.75) is 64.3 Å². The Labute approximate surface area is 159 Å². The molecule has 3 aliphatic rings. The number of aromatic nitrogens is 1. The molecule has 1 heterocycles. The van der Waals surface area contributed by atoms with Gasteiger partial charge in [0.2, 0.25) is 5.91 Å². The summed E-state index contributed by atoms with van der Waals surface area (Å²) in [5.74, 6) is 2.64. The molecule has 0 spiro atoms. The van der Waals surface area contributed by atoms with Crippen molar-refractivity contribution in [2.24, 2.45) is 17.8 Å².